The Bertz CT molecular complexity index is 289. The molecule has 0 aromatic heterocycles. The SMILES string of the molecule is COC(=O)C(C)=CCN(C)C1CCCN(C)C1. The van der Waals surface area contributed by atoms with E-state index >= 15 is 0 Å². The third kappa shape index (κ3) is 4.48. The van der Waals surface area contributed by atoms with Gasteiger partial charge in [-0.15, -0.1) is 0 Å². The Labute approximate surface area is 104 Å². The van der Waals surface area contributed by atoms with E-state index in [1.165, 1.54) is 26.5 Å². The highest BCUT2D eigenvalue weighted by Gasteiger charge is 2.20. The molecule has 1 saturated heterocycles. The first-order valence-corrected chi connectivity index (χ1v) is 6.18. The van der Waals surface area contributed by atoms with Crippen molar-refractivity contribution in [3.8, 4) is 0 Å². The number of esters is 1. The van der Waals surface area contributed by atoms with E-state index in [2.05, 4.69) is 28.6 Å². The van der Waals surface area contributed by atoms with Crippen LogP contribution in [0.2, 0.25) is 0 Å². The van der Waals surface area contributed by atoms with Crippen molar-refractivity contribution in [1.29, 1.82) is 0 Å². The number of likely N-dealkylation sites (tertiary alicyclic amines) is 1. The summed E-state index contributed by atoms with van der Waals surface area (Å²) in [5.41, 5.74) is 0.684. The van der Waals surface area contributed by atoms with Gasteiger partial charge in [-0.05, 0) is 40.4 Å². The summed E-state index contributed by atoms with van der Waals surface area (Å²) in [5, 5.41) is 0. The fraction of sp³-hybridized carbons (Fsp3) is 0.769. The van der Waals surface area contributed by atoms with Gasteiger partial charge in [-0.1, -0.05) is 6.08 Å². The van der Waals surface area contributed by atoms with Crippen molar-refractivity contribution in [2.45, 2.75) is 25.8 Å². The first-order chi connectivity index (χ1) is 8.04. The number of nitrogens with zero attached hydrogens (tertiary/aromatic N) is 2. The molecule has 1 aliphatic heterocycles. The van der Waals surface area contributed by atoms with Crippen LogP contribution in [0.5, 0.6) is 0 Å². The van der Waals surface area contributed by atoms with Crippen LogP contribution >= 0.6 is 0 Å². The maximum absolute atomic E-state index is 11.2. The summed E-state index contributed by atoms with van der Waals surface area (Å²) >= 11 is 0. The van der Waals surface area contributed by atoms with Crippen LogP contribution in [0, 0.1) is 0 Å². The molecule has 17 heavy (non-hydrogen) atoms. The van der Waals surface area contributed by atoms with Crippen molar-refractivity contribution < 1.29 is 9.53 Å². The van der Waals surface area contributed by atoms with Crippen molar-refractivity contribution in [3.05, 3.63) is 11.6 Å². The Morgan fingerprint density at radius 2 is 2.29 bits per heavy atom. The lowest BCUT2D eigenvalue weighted by Gasteiger charge is -2.35. The van der Waals surface area contributed by atoms with Crippen LogP contribution < -0.4 is 0 Å². The molecule has 0 aliphatic carbocycles. The maximum Gasteiger partial charge on any atom is 0.333 e. The predicted molar refractivity (Wildman–Crippen MR) is 68.9 cm³/mol. The van der Waals surface area contributed by atoms with Gasteiger partial charge in [-0.3, -0.25) is 4.90 Å². The second-order valence-corrected chi connectivity index (χ2v) is 4.88. The van der Waals surface area contributed by atoms with E-state index in [0.29, 0.717) is 11.6 Å². The van der Waals surface area contributed by atoms with Crippen molar-refractivity contribution in [2.75, 3.05) is 40.8 Å². The lowest BCUT2D eigenvalue weighted by Crippen LogP contribution is -2.44. The summed E-state index contributed by atoms with van der Waals surface area (Å²) in [6.45, 7) is 4.91. The van der Waals surface area contributed by atoms with Crippen molar-refractivity contribution in [2.24, 2.45) is 0 Å². The Morgan fingerprint density at radius 3 is 2.88 bits per heavy atom. The average molecular weight is 240 g/mol. The first kappa shape index (κ1) is 14.2. The topological polar surface area (TPSA) is 32.8 Å². The molecule has 1 atom stereocenters. The summed E-state index contributed by atoms with van der Waals surface area (Å²) in [7, 11) is 5.69. The quantitative estimate of drug-likeness (QED) is 0.545. The van der Waals surface area contributed by atoms with Gasteiger partial charge in [0.1, 0.15) is 0 Å². The number of carbonyl (C=O) groups excluding carboxylic acids is 1. The van der Waals surface area contributed by atoms with Crippen LogP contribution in [0.25, 0.3) is 0 Å². The molecule has 4 heteroatoms. The minimum atomic E-state index is -0.237. The monoisotopic (exact) mass is 240 g/mol. The number of rotatable bonds is 4. The molecule has 1 aliphatic rings. The maximum atomic E-state index is 11.2. The van der Waals surface area contributed by atoms with Gasteiger partial charge in [0.2, 0.25) is 0 Å². The van der Waals surface area contributed by atoms with E-state index in [9.17, 15) is 4.79 Å². The van der Waals surface area contributed by atoms with E-state index in [-0.39, 0.29) is 5.97 Å². The van der Waals surface area contributed by atoms with Crippen molar-refractivity contribution in [3.63, 3.8) is 0 Å². The molecule has 0 aromatic carbocycles. The Morgan fingerprint density at radius 1 is 1.59 bits per heavy atom. The van der Waals surface area contributed by atoms with Crippen molar-refractivity contribution >= 4 is 5.97 Å². The van der Waals surface area contributed by atoms with Gasteiger partial charge < -0.3 is 9.64 Å². The van der Waals surface area contributed by atoms with Gasteiger partial charge in [0.05, 0.1) is 7.11 Å². The number of hydrogen-bond acceptors (Lipinski definition) is 4. The second-order valence-electron chi connectivity index (χ2n) is 4.88. The number of methoxy groups -OCH3 is 1. The summed E-state index contributed by atoms with van der Waals surface area (Å²) in [6, 6.07) is 0.593. The summed E-state index contributed by atoms with van der Waals surface area (Å²) in [5.74, 6) is -0.237. The number of piperidine rings is 1. The van der Waals surface area contributed by atoms with Gasteiger partial charge in [-0.2, -0.15) is 0 Å². The molecule has 0 bridgehead atoms. The van der Waals surface area contributed by atoms with Gasteiger partial charge >= 0.3 is 5.97 Å². The Kier molecular flexibility index (Phi) is 5.65. The molecular weight excluding hydrogens is 216 g/mol. The largest absolute Gasteiger partial charge is 0.466 e. The van der Waals surface area contributed by atoms with Gasteiger partial charge in [0.25, 0.3) is 0 Å². The van der Waals surface area contributed by atoms with E-state index in [4.69, 9.17) is 0 Å². The Hall–Kier alpha value is -0.870. The molecule has 1 heterocycles. The molecular formula is C13H24N2O2. The molecule has 1 fully saturated rings. The summed E-state index contributed by atoms with van der Waals surface area (Å²) < 4.78 is 4.67. The number of hydrogen-bond donors (Lipinski definition) is 0. The highest BCUT2D eigenvalue weighted by molar-refractivity contribution is 5.87. The van der Waals surface area contributed by atoms with Crippen LogP contribution in [-0.4, -0.2) is 62.7 Å². The van der Waals surface area contributed by atoms with Crippen LogP contribution in [-0.2, 0) is 9.53 Å². The number of likely N-dealkylation sites (N-methyl/N-ethyl adjacent to an activating group) is 2. The highest BCUT2D eigenvalue weighted by atomic mass is 16.5. The fourth-order valence-corrected chi connectivity index (χ4v) is 2.17. The molecule has 0 radical (unpaired) electrons. The van der Waals surface area contributed by atoms with E-state index in [0.717, 1.165) is 13.1 Å². The summed E-state index contributed by atoms with van der Waals surface area (Å²) in [6.07, 6.45) is 4.44. The van der Waals surface area contributed by atoms with Crippen molar-refractivity contribution in [1.82, 2.24) is 9.80 Å². The van der Waals surface area contributed by atoms with Gasteiger partial charge in [-0.25, -0.2) is 4.79 Å². The third-order valence-electron chi connectivity index (χ3n) is 3.42. The zero-order valence-electron chi connectivity index (χ0n) is 11.4. The standard InChI is InChI=1S/C13H24N2O2/c1-11(13(16)17-4)7-9-15(3)12-6-5-8-14(2)10-12/h7,12H,5-6,8-10H2,1-4H3. The zero-order chi connectivity index (χ0) is 12.8. The predicted octanol–water partition coefficient (Wildman–Crippen LogP) is 1.13. The lowest BCUT2D eigenvalue weighted by molar-refractivity contribution is -0.136. The van der Waals surface area contributed by atoms with Crippen LogP contribution in [0.3, 0.4) is 0 Å². The van der Waals surface area contributed by atoms with Crippen LogP contribution in [0.15, 0.2) is 11.6 Å². The van der Waals surface area contributed by atoms with E-state index in [1.807, 2.05) is 6.08 Å². The summed E-state index contributed by atoms with van der Waals surface area (Å²) in [4.78, 5) is 15.9. The highest BCUT2D eigenvalue weighted by Crippen LogP contribution is 2.13. The van der Waals surface area contributed by atoms with Crippen LogP contribution in [0.1, 0.15) is 19.8 Å². The molecule has 0 aromatic rings. The number of carbonyl (C=O) groups is 1. The minimum Gasteiger partial charge on any atom is -0.466 e. The average Bonchev–Trinajstić information content (AvgIpc) is 2.34. The molecule has 98 valence electrons. The number of ether oxygens (including phenoxy) is 1. The molecule has 0 saturated carbocycles. The second kappa shape index (κ2) is 6.77. The molecule has 0 N–H and O–H groups in total. The van der Waals surface area contributed by atoms with Gasteiger partial charge in [0, 0.05) is 24.7 Å². The normalized spacial score (nSPS) is 22.9. The Balaban J connectivity index is 2.43. The lowest BCUT2D eigenvalue weighted by atomic mass is 10.1. The molecule has 0 spiro atoms. The first-order valence-electron chi connectivity index (χ1n) is 6.18. The van der Waals surface area contributed by atoms with E-state index in [1.54, 1.807) is 6.92 Å². The smallest absolute Gasteiger partial charge is 0.333 e. The third-order valence-corrected chi connectivity index (χ3v) is 3.42. The molecule has 0 amide bonds. The van der Waals surface area contributed by atoms with Gasteiger partial charge in [0.15, 0.2) is 0 Å². The molecule has 1 rings (SSSR count). The molecule has 4 nitrogen and oxygen atoms in total. The molecule has 1 unspecified atom stereocenters. The zero-order valence-corrected chi connectivity index (χ0v) is 11.4. The van der Waals surface area contributed by atoms with E-state index < -0.39 is 0 Å². The van der Waals surface area contributed by atoms with Crippen LogP contribution in [0.4, 0.5) is 0 Å². The fourth-order valence-electron chi connectivity index (χ4n) is 2.17. The minimum absolute atomic E-state index is 0.237.